The zero-order chi connectivity index (χ0) is 14.8. The number of aryl methyl sites for hydroxylation is 1. The van der Waals surface area contributed by atoms with E-state index in [0.29, 0.717) is 11.1 Å². The fourth-order valence-electron chi connectivity index (χ4n) is 3.20. The van der Waals surface area contributed by atoms with Crippen LogP contribution in [0.4, 0.5) is 4.39 Å². The molecule has 0 aliphatic heterocycles. The van der Waals surface area contributed by atoms with Gasteiger partial charge in [0.1, 0.15) is 5.82 Å². The molecule has 0 spiro atoms. The summed E-state index contributed by atoms with van der Waals surface area (Å²) in [6, 6.07) is 4.27. The summed E-state index contributed by atoms with van der Waals surface area (Å²) in [5.74, 6) is -1.45. The Kier molecular flexibility index (Phi) is 4.21. The van der Waals surface area contributed by atoms with Crippen molar-refractivity contribution in [3.05, 3.63) is 35.1 Å². The first kappa shape index (κ1) is 14.7. The molecular weight excluding hydrogens is 259 g/mol. The first-order valence-corrected chi connectivity index (χ1v) is 6.92. The number of Topliss-reactive ketones (excluding diaryl/α,β-unsaturated/α-hetero) is 1. The summed E-state index contributed by atoms with van der Waals surface area (Å²) < 4.78 is 13.4. The Labute approximate surface area is 117 Å². The fraction of sp³-hybridized carbons (Fsp3) is 0.500. The van der Waals surface area contributed by atoms with E-state index >= 15 is 0 Å². The van der Waals surface area contributed by atoms with Gasteiger partial charge in [0, 0.05) is 12.0 Å². The third-order valence-corrected chi connectivity index (χ3v) is 4.09. The van der Waals surface area contributed by atoms with E-state index in [-0.39, 0.29) is 18.6 Å². The molecule has 20 heavy (non-hydrogen) atoms. The maximum atomic E-state index is 13.4. The van der Waals surface area contributed by atoms with Crippen molar-refractivity contribution in [1.82, 2.24) is 0 Å². The van der Waals surface area contributed by atoms with Gasteiger partial charge in [-0.3, -0.25) is 9.59 Å². The number of hydrogen-bond acceptors (Lipinski definition) is 2. The molecule has 0 bridgehead atoms. The normalized spacial score (nSPS) is 17.1. The van der Waals surface area contributed by atoms with Gasteiger partial charge in [0.25, 0.3) is 0 Å². The number of aliphatic carboxylic acids is 1. The Morgan fingerprint density at radius 2 is 1.85 bits per heavy atom. The fourth-order valence-corrected chi connectivity index (χ4v) is 3.20. The van der Waals surface area contributed by atoms with Crippen LogP contribution in [0.25, 0.3) is 0 Å². The van der Waals surface area contributed by atoms with E-state index in [1.165, 1.54) is 12.1 Å². The maximum Gasteiger partial charge on any atom is 0.303 e. The van der Waals surface area contributed by atoms with Crippen molar-refractivity contribution >= 4 is 11.8 Å². The Morgan fingerprint density at radius 3 is 2.40 bits per heavy atom. The second kappa shape index (κ2) is 5.73. The third kappa shape index (κ3) is 3.44. The molecule has 0 amide bonds. The summed E-state index contributed by atoms with van der Waals surface area (Å²) in [5.41, 5.74) is 0.606. The lowest BCUT2D eigenvalue weighted by atomic mass is 9.77. The maximum absolute atomic E-state index is 13.4. The molecule has 1 aliphatic carbocycles. The molecule has 108 valence electrons. The lowest BCUT2D eigenvalue weighted by Crippen LogP contribution is -2.24. The SMILES string of the molecule is Cc1cc(F)cc(C(=O)CC2(CC(=O)O)CCCC2)c1. The van der Waals surface area contributed by atoms with E-state index in [0.717, 1.165) is 25.7 Å². The average molecular weight is 278 g/mol. The molecule has 3 nitrogen and oxygen atoms in total. The Morgan fingerprint density at radius 1 is 1.20 bits per heavy atom. The van der Waals surface area contributed by atoms with Gasteiger partial charge >= 0.3 is 5.97 Å². The molecule has 0 atom stereocenters. The summed E-state index contributed by atoms with van der Waals surface area (Å²) in [6.45, 7) is 1.74. The molecule has 2 rings (SSSR count). The average Bonchev–Trinajstić information content (AvgIpc) is 2.74. The summed E-state index contributed by atoms with van der Waals surface area (Å²) in [5, 5.41) is 9.04. The first-order chi connectivity index (χ1) is 9.40. The van der Waals surface area contributed by atoms with Crippen LogP contribution in [-0.4, -0.2) is 16.9 Å². The van der Waals surface area contributed by atoms with Crippen LogP contribution in [0.5, 0.6) is 0 Å². The predicted molar refractivity (Wildman–Crippen MR) is 73.2 cm³/mol. The van der Waals surface area contributed by atoms with Crippen LogP contribution in [0, 0.1) is 18.2 Å². The van der Waals surface area contributed by atoms with Gasteiger partial charge in [0.2, 0.25) is 0 Å². The van der Waals surface area contributed by atoms with E-state index in [2.05, 4.69) is 0 Å². The Balaban J connectivity index is 2.18. The molecule has 1 aliphatic rings. The van der Waals surface area contributed by atoms with Gasteiger partial charge in [-0.25, -0.2) is 4.39 Å². The minimum atomic E-state index is -0.866. The molecular formula is C16H19FO3. The Hall–Kier alpha value is -1.71. The van der Waals surface area contributed by atoms with Gasteiger partial charge in [0.05, 0.1) is 6.42 Å². The molecule has 1 saturated carbocycles. The van der Waals surface area contributed by atoms with Crippen LogP contribution in [0.1, 0.15) is 54.4 Å². The topological polar surface area (TPSA) is 54.4 Å². The summed E-state index contributed by atoms with van der Waals surface area (Å²) in [7, 11) is 0. The van der Waals surface area contributed by atoms with E-state index in [9.17, 15) is 14.0 Å². The van der Waals surface area contributed by atoms with E-state index < -0.39 is 17.2 Å². The van der Waals surface area contributed by atoms with E-state index in [1.54, 1.807) is 13.0 Å². The highest BCUT2D eigenvalue weighted by molar-refractivity contribution is 5.97. The quantitative estimate of drug-likeness (QED) is 0.835. The number of carboxylic acids is 1. The monoisotopic (exact) mass is 278 g/mol. The lowest BCUT2D eigenvalue weighted by molar-refractivity contribution is -0.139. The Bertz CT molecular complexity index is 510. The molecule has 0 heterocycles. The van der Waals surface area contributed by atoms with Gasteiger partial charge in [0.15, 0.2) is 5.78 Å². The number of rotatable bonds is 5. The molecule has 0 unspecified atom stereocenters. The molecule has 0 radical (unpaired) electrons. The molecule has 1 N–H and O–H groups in total. The van der Waals surface area contributed by atoms with Crippen LogP contribution in [0.15, 0.2) is 18.2 Å². The number of halogens is 1. The second-order valence-corrected chi connectivity index (χ2v) is 5.89. The minimum absolute atomic E-state index is 0.0209. The molecule has 0 aromatic heterocycles. The highest BCUT2D eigenvalue weighted by Crippen LogP contribution is 2.44. The van der Waals surface area contributed by atoms with Gasteiger partial charge in [-0.15, -0.1) is 0 Å². The van der Waals surface area contributed by atoms with Crippen LogP contribution in [0.3, 0.4) is 0 Å². The lowest BCUT2D eigenvalue weighted by Gasteiger charge is -2.26. The van der Waals surface area contributed by atoms with Gasteiger partial charge in [-0.05, 0) is 48.9 Å². The van der Waals surface area contributed by atoms with Crippen LogP contribution >= 0.6 is 0 Å². The van der Waals surface area contributed by atoms with E-state index in [1.807, 2.05) is 0 Å². The number of carbonyl (C=O) groups is 2. The number of hydrogen-bond donors (Lipinski definition) is 1. The third-order valence-electron chi connectivity index (χ3n) is 4.09. The molecule has 4 heteroatoms. The van der Waals surface area contributed by atoms with Gasteiger partial charge in [-0.2, -0.15) is 0 Å². The number of carbonyl (C=O) groups excluding carboxylic acids is 1. The van der Waals surface area contributed by atoms with Crippen molar-refractivity contribution in [3.63, 3.8) is 0 Å². The van der Waals surface area contributed by atoms with Crippen LogP contribution < -0.4 is 0 Å². The molecule has 0 saturated heterocycles. The highest BCUT2D eigenvalue weighted by Gasteiger charge is 2.38. The molecule has 1 fully saturated rings. The van der Waals surface area contributed by atoms with Crippen LogP contribution in [-0.2, 0) is 4.79 Å². The zero-order valence-corrected chi connectivity index (χ0v) is 11.6. The minimum Gasteiger partial charge on any atom is -0.481 e. The highest BCUT2D eigenvalue weighted by atomic mass is 19.1. The predicted octanol–water partition coefficient (Wildman–Crippen LogP) is 3.74. The second-order valence-electron chi connectivity index (χ2n) is 5.89. The smallest absolute Gasteiger partial charge is 0.303 e. The first-order valence-electron chi connectivity index (χ1n) is 6.92. The van der Waals surface area contributed by atoms with Crippen molar-refractivity contribution < 1.29 is 19.1 Å². The van der Waals surface area contributed by atoms with Gasteiger partial charge < -0.3 is 5.11 Å². The summed E-state index contributed by atoms with van der Waals surface area (Å²) >= 11 is 0. The summed E-state index contributed by atoms with van der Waals surface area (Å²) in [6.07, 6.45) is 3.67. The largest absolute Gasteiger partial charge is 0.481 e. The van der Waals surface area contributed by atoms with Crippen molar-refractivity contribution in [2.75, 3.05) is 0 Å². The number of ketones is 1. The standard InChI is InChI=1S/C16H19FO3/c1-11-6-12(8-13(17)7-11)14(18)9-16(10-15(19)20)4-2-3-5-16/h6-8H,2-5,9-10H2,1H3,(H,19,20). The molecule has 1 aromatic rings. The van der Waals surface area contributed by atoms with Crippen molar-refractivity contribution in [3.8, 4) is 0 Å². The van der Waals surface area contributed by atoms with Crippen molar-refractivity contribution in [2.24, 2.45) is 5.41 Å². The molecule has 1 aromatic carbocycles. The van der Waals surface area contributed by atoms with Gasteiger partial charge in [-0.1, -0.05) is 12.8 Å². The van der Waals surface area contributed by atoms with Crippen molar-refractivity contribution in [1.29, 1.82) is 0 Å². The number of carboxylic acid groups (broad SMARTS) is 1. The number of benzene rings is 1. The zero-order valence-electron chi connectivity index (χ0n) is 11.6. The summed E-state index contributed by atoms with van der Waals surface area (Å²) in [4.78, 5) is 23.3. The van der Waals surface area contributed by atoms with Crippen molar-refractivity contribution in [2.45, 2.75) is 45.4 Å². The van der Waals surface area contributed by atoms with E-state index in [4.69, 9.17) is 5.11 Å². The van der Waals surface area contributed by atoms with Crippen LogP contribution in [0.2, 0.25) is 0 Å².